The van der Waals surface area contributed by atoms with E-state index < -0.39 is 5.41 Å². The van der Waals surface area contributed by atoms with Gasteiger partial charge < -0.3 is 10.4 Å². The van der Waals surface area contributed by atoms with Crippen molar-refractivity contribution in [2.75, 3.05) is 0 Å². The highest BCUT2D eigenvalue weighted by atomic mass is 16.3. The van der Waals surface area contributed by atoms with Crippen LogP contribution in [0.2, 0.25) is 0 Å². The minimum Gasteiger partial charge on any atom is -0.393 e. The largest absolute Gasteiger partial charge is 0.393 e. The average molecular weight is 364 g/mol. The van der Waals surface area contributed by atoms with Gasteiger partial charge >= 0.3 is 0 Å². The zero-order valence-electron chi connectivity index (χ0n) is 15.7. The van der Waals surface area contributed by atoms with E-state index >= 15 is 0 Å². The average Bonchev–Trinajstić information content (AvgIpc) is 2.71. The van der Waals surface area contributed by atoms with Gasteiger partial charge in [-0.1, -0.05) is 55.7 Å². The second-order valence-electron chi connectivity index (χ2n) is 8.10. The van der Waals surface area contributed by atoms with Gasteiger partial charge in [-0.05, 0) is 49.3 Å². The molecule has 1 atom stereocenters. The molecule has 0 bridgehead atoms. The van der Waals surface area contributed by atoms with Gasteiger partial charge in [0.25, 0.3) is 0 Å². The topological polar surface area (TPSA) is 62.2 Å². The number of carbonyl (C=O) groups is 1. The monoisotopic (exact) mass is 364 g/mol. The number of nitrogens with one attached hydrogen (secondary N) is 1. The standard InChI is InChI=1S/C23H28N2O2/c26-19-15-17(16-19)21(20-11-5-8-14-24-20)25-22(27)23(12-6-2-7-13-23)18-9-3-1-4-10-18/h1,3-5,8-11,14,17,19,21,26H,2,6-7,12-13,15-16H2,(H,25,27)/t17?,19?,21-/m1/s1. The molecule has 2 fully saturated rings. The summed E-state index contributed by atoms with van der Waals surface area (Å²) < 4.78 is 0. The van der Waals surface area contributed by atoms with E-state index in [-0.39, 0.29) is 24.0 Å². The minimum absolute atomic E-state index is 0.116. The van der Waals surface area contributed by atoms with Gasteiger partial charge in [-0.3, -0.25) is 9.78 Å². The van der Waals surface area contributed by atoms with Gasteiger partial charge in [0.15, 0.2) is 0 Å². The zero-order valence-corrected chi connectivity index (χ0v) is 15.7. The maximum absolute atomic E-state index is 13.6. The van der Waals surface area contributed by atoms with Crippen LogP contribution in [-0.4, -0.2) is 22.1 Å². The van der Waals surface area contributed by atoms with Crippen LogP contribution in [0.4, 0.5) is 0 Å². The highest BCUT2D eigenvalue weighted by Crippen LogP contribution is 2.42. The van der Waals surface area contributed by atoms with Gasteiger partial charge in [-0.15, -0.1) is 0 Å². The lowest BCUT2D eigenvalue weighted by molar-refractivity contribution is -0.130. The second kappa shape index (κ2) is 7.81. The lowest BCUT2D eigenvalue weighted by Crippen LogP contribution is -2.50. The van der Waals surface area contributed by atoms with E-state index in [0.717, 1.165) is 49.8 Å². The van der Waals surface area contributed by atoms with Gasteiger partial charge in [0.05, 0.1) is 23.3 Å². The molecule has 4 nitrogen and oxygen atoms in total. The first kappa shape index (κ1) is 18.2. The summed E-state index contributed by atoms with van der Waals surface area (Å²) in [7, 11) is 0. The molecular weight excluding hydrogens is 336 g/mol. The minimum atomic E-state index is -0.450. The number of pyridine rings is 1. The normalized spacial score (nSPS) is 25.2. The summed E-state index contributed by atoms with van der Waals surface area (Å²) in [6.45, 7) is 0. The second-order valence-corrected chi connectivity index (χ2v) is 8.10. The first-order valence-electron chi connectivity index (χ1n) is 10.1. The van der Waals surface area contributed by atoms with Crippen LogP contribution in [0.3, 0.4) is 0 Å². The third-order valence-corrected chi connectivity index (χ3v) is 6.38. The fourth-order valence-electron chi connectivity index (χ4n) is 4.73. The van der Waals surface area contributed by atoms with E-state index in [0.29, 0.717) is 0 Å². The van der Waals surface area contributed by atoms with E-state index in [1.165, 1.54) is 6.42 Å². The maximum Gasteiger partial charge on any atom is 0.231 e. The van der Waals surface area contributed by atoms with Crippen molar-refractivity contribution in [3.8, 4) is 0 Å². The highest BCUT2D eigenvalue weighted by Gasteiger charge is 2.44. The van der Waals surface area contributed by atoms with Crippen molar-refractivity contribution in [2.24, 2.45) is 5.92 Å². The molecule has 27 heavy (non-hydrogen) atoms. The summed E-state index contributed by atoms with van der Waals surface area (Å²) in [6, 6.07) is 15.9. The lowest BCUT2D eigenvalue weighted by Gasteiger charge is -2.41. The number of amides is 1. The lowest BCUT2D eigenvalue weighted by atomic mass is 9.68. The zero-order chi connectivity index (χ0) is 18.7. The molecule has 0 unspecified atom stereocenters. The molecule has 2 aromatic rings. The Kier molecular flexibility index (Phi) is 5.26. The van der Waals surface area contributed by atoms with Crippen LogP contribution in [0.25, 0.3) is 0 Å². The van der Waals surface area contributed by atoms with E-state index in [1.54, 1.807) is 6.20 Å². The first-order valence-corrected chi connectivity index (χ1v) is 10.1. The van der Waals surface area contributed by atoms with Crippen molar-refractivity contribution in [3.05, 3.63) is 66.0 Å². The van der Waals surface area contributed by atoms with E-state index in [2.05, 4.69) is 22.4 Å². The Hall–Kier alpha value is -2.20. The summed E-state index contributed by atoms with van der Waals surface area (Å²) in [4.78, 5) is 18.1. The predicted molar refractivity (Wildman–Crippen MR) is 105 cm³/mol. The fourth-order valence-corrected chi connectivity index (χ4v) is 4.73. The molecule has 2 N–H and O–H groups in total. The third-order valence-electron chi connectivity index (χ3n) is 6.38. The summed E-state index contributed by atoms with van der Waals surface area (Å²) >= 11 is 0. The highest BCUT2D eigenvalue weighted by molar-refractivity contribution is 5.88. The van der Waals surface area contributed by atoms with Crippen molar-refractivity contribution in [1.82, 2.24) is 10.3 Å². The molecular formula is C23H28N2O2. The molecule has 142 valence electrons. The Balaban J connectivity index is 1.62. The van der Waals surface area contributed by atoms with E-state index in [4.69, 9.17) is 0 Å². The van der Waals surface area contributed by atoms with Crippen molar-refractivity contribution in [3.63, 3.8) is 0 Å². The van der Waals surface area contributed by atoms with Crippen LogP contribution in [0.1, 0.15) is 62.2 Å². The number of aliphatic hydroxyl groups excluding tert-OH is 1. The molecule has 4 heteroatoms. The number of hydrogen-bond donors (Lipinski definition) is 2. The van der Waals surface area contributed by atoms with Crippen LogP contribution in [0.5, 0.6) is 0 Å². The van der Waals surface area contributed by atoms with Crippen molar-refractivity contribution >= 4 is 5.91 Å². The van der Waals surface area contributed by atoms with E-state index in [9.17, 15) is 9.90 Å². The van der Waals surface area contributed by atoms with Crippen molar-refractivity contribution in [1.29, 1.82) is 0 Å². The fraction of sp³-hybridized carbons (Fsp3) is 0.478. The molecule has 1 heterocycles. The molecule has 0 saturated heterocycles. The number of carbonyl (C=O) groups excluding carboxylic acids is 1. The van der Waals surface area contributed by atoms with E-state index in [1.807, 2.05) is 36.4 Å². The van der Waals surface area contributed by atoms with Crippen LogP contribution in [0.15, 0.2) is 54.7 Å². The Morgan fingerprint density at radius 3 is 2.37 bits per heavy atom. The van der Waals surface area contributed by atoms with Gasteiger partial charge in [0.1, 0.15) is 0 Å². The molecule has 0 aliphatic heterocycles. The van der Waals surface area contributed by atoms with Gasteiger partial charge in [-0.2, -0.15) is 0 Å². The van der Waals surface area contributed by atoms with Crippen LogP contribution in [0, 0.1) is 5.92 Å². The van der Waals surface area contributed by atoms with Crippen LogP contribution >= 0.6 is 0 Å². The van der Waals surface area contributed by atoms with Crippen LogP contribution < -0.4 is 5.32 Å². The Morgan fingerprint density at radius 2 is 1.74 bits per heavy atom. The molecule has 2 aliphatic carbocycles. The SMILES string of the molecule is O=C(N[C@@H](c1ccccn1)C1CC(O)C1)C1(c2ccccc2)CCCCC1. The number of aromatic nitrogens is 1. The summed E-state index contributed by atoms with van der Waals surface area (Å²) in [6.07, 6.45) is 8.11. The number of nitrogens with zero attached hydrogens (tertiary/aromatic N) is 1. The molecule has 0 spiro atoms. The number of rotatable bonds is 5. The smallest absolute Gasteiger partial charge is 0.231 e. The predicted octanol–water partition coefficient (Wildman–Crippen LogP) is 3.91. The summed E-state index contributed by atoms with van der Waals surface area (Å²) in [5.41, 5.74) is 1.56. The van der Waals surface area contributed by atoms with Crippen molar-refractivity contribution in [2.45, 2.75) is 62.5 Å². The number of hydrogen-bond acceptors (Lipinski definition) is 3. The van der Waals surface area contributed by atoms with Gasteiger partial charge in [0.2, 0.25) is 5.91 Å². The molecule has 1 aromatic heterocycles. The number of aliphatic hydroxyl groups is 1. The molecule has 2 saturated carbocycles. The molecule has 2 aliphatic rings. The van der Waals surface area contributed by atoms with Gasteiger partial charge in [0, 0.05) is 6.20 Å². The number of benzene rings is 1. The van der Waals surface area contributed by atoms with Gasteiger partial charge in [-0.25, -0.2) is 0 Å². The molecule has 1 aromatic carbocycles. The Labute approximate surface area is 161 Å². The quantitative estimate of drug-likeness (QED) is 0.845. The Bertz CT molecular complexity index is 750. The van der Waals surface area contributed by atoms with Crippen LogP contribution in [-0.2, 0) is 10.2 Å². The Morgan fingerprint density at radius 1 is 1.04 bits per heavy atom. The molecule has 4 rings (SSSR count). The summed E-state index contributed by atoms with van der Waals surface area (Å²) in [5.74, 6) is 0.362. The van der Waals surface area contributed by atoms with Crippen molar-refractivity contribution < 1.29 is 9.90 Å². The molecule has 0 radical (unpaired) electrons. The third kappa shape index (κ3) is 3.63. The molecule has 1 amide bonds. The maximum atomic E-state index is 13.6. The summed E-state index contributed by atoms with van der Waals surface area (Å²) in [5, 5.41) is 13.1. The first-order chi connectivity index (χ1) is 13.2.